The van der Waals surface area contributed by atoms with Crippen LogP contribution >= 0.6 is 11.6 Å². The lowest BCUT2D eigenvalue weighted by atomic mass is 10.4. The molecule has 8 nitrogen and oxygen atoms in total. The van der Waals surface area contributed by atoms with Crippen molar-refractivity contribution in [2.24, 2.45) is 0 Å². The van der Waals surface area contributed by atoms with Crippen molar-refractivity contribution in [2.75, 3.05) is 36.5 Å². The Hall–Kier alpha value is -1.93. The summed E-state index contributed by atoms with van der Waals surface area (Å²) in [4.78, 5) is 14.6. The summed E-state index contributed by atoms with van der Waals surface area (Å²) in [6.45, 7) is 3.38. The van der Waals surface area contributed by atoms with Crippen LogP contribution in [0, 0.1) is 0 Å². The van der Waals surface area contributed by atoms with E-state index in [1.54, 1.807) is 6.20 Å². The van der Waals surface area contributed by atoms with Crippen molar-refractivity contribution in [1.29, 1.82) is 0 Å². The van der Waals surface area contributed by atoms with E-state index in [1.165, 1.54) is 0 Å². The number of ether oxygens (including phenoxy) is 1. The highest BCUT2D eigenvalue weighted by Crippen LogP contribution is 2.15. The summed E-state index contributed by atoms with van der Waals surface area (Å²) in [6.07, 6.45) is 1.69. The Balaban J connectivity index is 1.72. The van der Waals surface area contributed by atoms with E-state index in [9.17, 15) is 0 Å². The molecule has 1 aliphatic heterocycles. The van der Waals surface area contributed by atoms with Crippen LogP contribution in [0.2, 0.25) is 5.28 Å². The molecule has 0 radical (unpaired) electrons. The zero-order chi connectivity index (χ0) is 13.8. The van der Waals surface area contributed by atoms with E-state index >= 15 is 0 Å². The van der Waals surface area contributed by atoms with E-state index in [4.69, 9.17) is 16.3 Å². The number of morpholine rings is 1. The van der Waals surface area contributed by atoms with Gasteiger partial charge in [0.1, 0.15) is 0 Å². The summed E-state index contributed by atoms with van der Waals surface area (Å²) in [7, 11) is 0. The van der Waals surface area contributed by atoms with Crippen LogP contribution in [0.3, 0.4) is 0 Å². The third kappa shape index (κ3) is 3.14. The Morgan fingerprint density at radius 3 is 2.90 bits per heavy atom. The monoisotopic (exact) mass is 295 g/mol. The predicted octanol–water partition coefficient (Wildman–Crippen LogP) is 0.697. The molecule has 0 spiro atoms. The van der Waals surface area contributed by atoms with Crippen LogP contribution in [0.1, 0.15) is 5.69 Å². The average Bonchev–Trinajstić information content (AvgIpc) is 2.99. The van der Waals surface area contributed by atoms with Gasteiger partial charge in [-0.15, -0.1) is 0 Å². The first kappa shape index (κ1) is 13.1. The maximum atomic E-state index is 5.95. The maximum absolute atomic E-state index is 5.95. The summed E-state index contributed by atoms with van der Waals surface area (Å²) >= 11 is 5.95. The number of aromatic amines is 1. The predicted molar refractivity (Wildman–Crippen MR) is 73.8 cm³/mol. The lowest BCUT2D eigenvalue weighted by Gasteiger charge is -2.26. The second-order valence-electron chi connectivity index (χ2n) is 4.26. The molecule has 2 aromatic rings. The molecule has 1 fully saturated rings. The molecule has 1 saturated heterocycles. The van der Waals surface area contributed by atoms with Crippen molar-refractivity contribution in [3.8, 4) is 0 Å². The molecule has 20 heavy (non-hydrogen) atoms. The van der Waals surface area contributed by atoms with Gasteiger partial charge in [-0.05, 0) is 17.7 Å². The van der Waals surface area contributed by atoms with Gasteiger partial charge in [0.05, 0.1) is 25.5 Å². The highest BCUT2D eigenvalue weighted by atomic mass is 35.5. The first-order valence-electron chi connectivity index (χ1n) is 6.27. The number of anilines is 2. The molecule has 0 bridgehead atoms. The zero-order valence-corrected chi connectivity index (χ0v) is 11.5. The molecule has 0 amide bonds. The third-order valence-electron chi connectivity index (χ3n) is 2.89. The quantitative estimate of drug-likeness (QED) is 0.857. The van der Waals surface area contributed by atoms with Crippen molar-refractivity contribution in [3.05, 3.63) is 23.2 Å². The van der Waals surface area contributed by atoms with Crippen molar-refractivity contribution in [2.45, 2.75) is 6.54 Å². The van der Waals surface area contributed by atoms with Gasteiger partial charge >= 0.3 is 0 Å². The van der Waals surface area contributed by atoms with Gasteiger partial charge in [-0.2, -0.15) is 20.1 Å². The van der Waals surface area contributed by atoms with Gasteiger partial charge in [0.2, 0.25) is 17.2 Å². The number of hydrogen-bond donors (Lipinski definition) is 2. The Bertz CT molecular complexity index is 556. The third-order valence-corrected chi connectivity index (χ3v) is 3.05. The Morgan fingerprint density at radius 2 is 2.15 bits per heavy atom. The van der Waals surface area contributed by atoms with Crippen LogP contribution in [0.4, 0.5) is 11.9 Å². The summed E-state index contributed by atoms with van der Waals surface area (Å²) in [5, 5.41) is 10.00. The molecule has 0 unspecified atom stereocenters. The molecule has 0 aliphatic carbocycles. The molecule has 2 N–H and O–H groups in total. The van der Waals surface area contributed by atoms with E-state index < -0.39 is 0 Å². The minimum absolute atomic E-state index is 0.175. The fraction of sp³-hybridized carbons (Fsp3) is 0.455. The van der Waals surface area contributed by atoms with E-state index in [-0.39, 0.29) is 5.28 Å². The van der Waals surface area contributed by atoms with Gasteiger partial charge < -0.3 is 15.0 Å². The van der Waals surface area contributed by atoms with E-state index in [0.29, 0.717) is 31.7 Å². The average molecular weight is 296 g/mol. The molecule has 106 valence electrons. The fourth-order valence-electron chi connectivity index (χ4n) is 1.88. The van der Waals surface area contributed by atoms with Gasteiger partial charge in [0.25, 0.3) is 0 Å². The number of H-pyrrole nitrogens is 1. The number of halogens is 1. The highest BCUT2D eigenvalue weighted by molar-refractivity contribution is 6.28. The molecule has 3 heterocycles. The Morgan fingerprint density at radius 1 is 1.30 bits per heavy atom. The normalized spacial score (nSPS) is 15.3. The molecule has 0 aromatic carbocycles. The minimum Gasteiger partial charge on any atom is -0.378 e. The number of nitrogens with one attached hydrogen (secondary N) is 2. The second kappa shape index (κ2) is 6.02. The molecular formula is C11H14ClN7O. The van der Waals surface area contributed by atoms with Gasteiger partial charge in [0.15, 0.2) is 0 Å². The van der Waals surface area contributed by atoms with Crippen LogP contribution in [-0.4, -0.2) is 51.5 Å². The molecule has 9 heteroatoms. The zero-order valence-electron chi connectivity index (χ0n) is 10.7. The number of aromatic nitrogens is 5. The van der Waals surface area contributed by atoms with Crippen molar-refractivity contribution in [3.63, 3.8) is 0 Å². The second-order valence-corrected chi connectivity index (χ2v) is 4.60. The van der Waals surface area contributed by atoms with Crippen molar-refractivity contribution in [1.82, 2.24) is 25.1 Å². The molecule has 1 aliphatic rings. The van der Waals surface area contributed by atoms with Gasteiger partial charge in [-0.3, -0.25) is 5.10 Å². The first-order valence-corrected chi connectivity index (χ1v) is 6.65. The minimum atomic E-state index is 0.175. The van der Waals surface area contributed by atoms with Crippen LogP contribution < -0.4 is 10.2 Å². The molecule has 2 aromatic heterocycles. The lowest BCUT2D eigenvalue weighted by Crippen LogP contribution is -2.37. The van der Waals surface area contributed by atoms with Crippen molar-refractivity contribution < 1.29 is 4.74 Å². The largest absolute Gasteiger partial charge is 0.378 e. The van der Waals surface area contributed by atoms with Gasteiger partial charge in [0, 0.05) is 19.3 Å². The van der Waals surface area contributed by atoms with Gasteiger partial charge in [-0.1, -0.05) is 0 Å². The molecule has 0 atom stereocenters. The molecule has 3 rings (SSSR count). The van der Waals surface area contributed by atoms with E-state index in [0.717, 1.165) is 18.8 Å². The topological polar surface area (TPSA) is 91.9 Å². The summed E-state index contributed by atoms with van der Waals surface area (Å²) < 4.78 is 5.31. The van der Waals surface area contributed by atoms with Gasteiger partial charge in [-0.25, -0.2) is 0 Å². The number of nitrogens with zero attached hydrogens (tertiary/aromatic N) is 5. The Labute approximate surface area is 120 Å². The van der Waals surface area contributed by atoms with Crippen LogP contribution in [-0.2, 0) is 11.3 Å². The molecule has 0 saturated carbocycles. The smallest absolute Gasteiger partial charge is 0.231 e. The molecular weight excluding hydrogens is 282 g/mol. The van der Waals surface area contributed by atoms with Crippen LogP contribution in [0.15, 0.2) is 12.3 Å². The van der Waals surface area contributed by atoms with Crippen LogP contribution in [0.25, 0.3) is 0 Å². The summed E-state index contributed by atoms with van der Waals surface area (Å²) in [5.74, 6) is 1.02. The van der Waals surface area contributed by atoms with Crippen LogP contribution in [0.5, 0.6) is 0 Å². The SMILES string of the molecule is Clc1nc(NCc2ccn[nH]2)nc(N2CCOCC2)n1. The summed E-state index contributed by atoms with van der Waals surface area (Å²) in [5.41, 5.74) is 0.939. The summed E-state index contributed by atoms with van der Waals surface area (Å²) in [6, 6.07) is 1.87. The fourth-order valence-corrected chi connectivity index (χ4v) is 2.04. The van der Waals surface area contributed by atoms with E-state index in [1.807, 2.05) is 11.0 Å². The number of rotatable bonds is 4. The van der Waals surface area contributed by atoms with E-state index in [2.05, 4.69) is 30.5 Å². The lowest BCUT2D eigenvalue weighted by molar-refractivity contribution is 0.122. The maximum Gasteiger partial charge on any atom is 0.231 e. The highest BCUT2D eigenvalue weighted by Gasteiger charge is 2.16. The van der Waals surface area contributed by atoms with Crippen molar-refractivity contribution >= 4 is 23.5 Å². The number of hydrogen-bond acceptors (Lipinski definition) is 7. The first-order chi connectivity index (χ1) is 9.81. The standard InChI is InChI=1S/C11H14ClN7O/c12-9-15-10(13-7-8-1-2-14-18-8)17-11(16-9)19-3-5-20-6-4-19/h1-2H,3-7H2,(H,14,18)(H,13,15,16,17). The Kier molecular flexibility index (Phi) is 3.93.